The Morgan fingerprint density at radius 2 is 2.56 bits per heavy atom. The number of rotatable bonds is 5. The van der Waals surface area contributed by atoms with Crippen molar-refractivity contribution in [2.45, 2.75) is 38.5 Å². The predicted octanol–water partition coefficient (Wildman–Crippen LogP) is 1.66. The molecule has 0 amide bonds. The fourth-order valence-corrected chi connectivity index (χ4v) is 2.46. The van der Waals surface area contributed by atoms with Crippen LogP contribution < -0.4 is 5.32 Å². The second-order valence-electron chi connectivity index (χ2n) is 3.93. The number of aromatic nitrogens is 2. The highest BCUT2D eigenvalue weighted by atomic mass is 32.1. The Labute approximate surface area is 99.3 Å². The fourth-order valence-electron chi connectivity index (χ4n) is 1.78. The van der Waals surface area contributed by atoms with Crippen molar-refractivity contribution in [1.29, 1.82) is 0 Å². The molecule has 2 atom stereocenters. The maximum absolute atomic E-state index is 5.61. The number of methoxy groups -OCH3 is 1. The van der Waals surface area contributed by atoms with Gasteiger partial charge >= 0.3 is 0 Å². The topological polar surface area (TPSA) is 56.3 Å². The number of hydrogen-bond acceptors (Lipinski definition) is 6. The number of anilines is 1. The van der Waals surface area contributed by atoms with E-state index in [2.05, 4.69) is 21.6 Å². The third-order valence-corrected chi connectivity index (χ3v) is 3.30. The molecule has 0 bridgehead atoms. The standard InChI is InChI=1S/C10H17N3O2S/c1-7(8-4-3-5-15-8)11-10-12-9(6-14-2)13-16-10/h7-8H,3-6H2,1-2H3,(H,11,12,13)/t7-,8+/m0/s1. The Balaban J connectivity index is 1.87. The van der Waals surface area contributed by atoms with Crippen molar-refractivity contribution in [3.8, 4) is 0 Å². The Hall–Kier alpha value is -0.720. The van der Waals surface area contributed by atoms with Gasteiger partial charge in [-0.3, -0.25) is 0 Å². The highest BCUT2D eigenvalue weighted by Gasteiger charge is 2.22. The summed E-state index contributed by atoms with van der Waals surface area (Å²) in [5, 5.41) is 4.17. The zero-order valence-electron chi connectivity index (χ0n) is 9.60. The second kappa shape index (κ2) is 5.56. The van der Waals surface area contributed by atoms with E-state index in [4.69, 9.17) is 9.47 Å². The molecule has 16 heavy (non-hydrogen) atoms. The molecule has 1 aliphatic heterocycles. The first-order chi connectivity index (χ1) is 7.79. The van der Waals surface area contributed by atoms with Crippen molar-refractivity contribution in [3.63, 3.8) is 0 Å². The predicted molar refractivity (Wildman–Crippen MR) is 62.7 cm³/mol. The van der Waals surface area contributed by atoms with E-state index in [1.54, 1.807) is 7.11 Å². The van der Waals surface area contributed by atoms with Gasteiger partial charge in [-0.05, 0) is 19.8 Å². The van der Waals surface area contributed by atoms with Gasteiger partial charge in [0.05, 0.1) is 12.1 Å². The zero-order valence-corrected chi connectivity index (χ0v) is 10.4. The van der Waals surface area contributed by atoms with E-state index in [0.29, 0.717) is 12.7 Å². The number of nitrogens with zero attached hydrogens (tertiary/aromatic N) is 2. The van der Waals surface area contributed by atoms with Gasteiger partial charge in [-0.15, -0.1) is 0 Å². The van der Waals surface area contributed by atoms with Crippen LogP contribution in [0.3, 0.4) is 0 Å². The summed E-state index contributed by atoms with van der Waals surface area (Å²) in [5.74, 6) is 0.731. The first-order valence-corrected chi connectivity index (χ1v) is 6.26. The maximum Gasteiger partial charge on any atom is 0.202 e. The van der Waals surface area contributed by atoms with Crippen LogP contribution >= 0.6 is 11.5 Å². The van der Waals surface area contributed by atoms with Crippen LogP contribution in [0.15, 0.2) is 0 Å². The molecular weight excluding hydrogens is 226 g/mol. The molecule has 90 valence electrons. The Bertz CT molecular complexity index is 326. The molecule has 0 aliphatic carbocycles. The number of ether oxygens (including phenoxy) is 2. The summed E-state index contributed by atoms with van der Waals surface area (Å²) >= 11 is 1.37. The van der Waals surface area contributed by atoms with Gasteiger partial charge in [-0.25, -0.2) is 4.98 Å². The molecule has 1 aliphatic rings. The van der Waals surface area contributed by atoms with E-state index < -0.39 is 0 Å². The smallest absolute Gasteiger partial charge is 0.202 e. The molecule has 1 aromatic rings. The molecule has 6 heteroatoms. The van der Waals surface area contributed by atoms with Crippen molar-refractivity contribution in [1.82, 2.24) is 9.36 Å². The van der Waals surface area contributed by atoms with Gasteiger partial charge in [-0.1, -0.05) is 0 Å². The molecule has 1 aromatic heterocycles. The lowest BCUT2D eigenvalue weighted by atomic mass is 10.1. The third kappa shape index (κ3) is 2.90. The molecule has 0 radical (unpaired) electrons. The first kappa shape index (κ1) is 11.8. The lowest BCUT2D eigenvalue weighted by molar-refractivity contribution is 0.0996. The first-order valence-electron chi connectivity index (χ1n) is 5.49. The van der Waals surface area contributed by atoms with Crippen LogP contribution in [0, 0.1) is 0 Å². The van der Waals surface area contributed by atoms with E-state index in [1.807, 2.05) is 0 Å². The van der Waals surface area contributed by atoms with Gasteiger partial charge in [0.15, 0.2) is 5.82 Å². The normalized spacial score (nSPS) is 22.2. The van der Waals surface area contributed by atoms with Crippen LogP contribution in [0.4, 0.5) is 5.13 Å². The fraction of sp³-hybridized carbons (Fsp3) is 0.800. The molecule has 1 N–H and O–H groups in total. The van der Waals surface area contributed by atoms with Crippen molar-refractivity contribution < 1.29 is 9.47 Å². The van der Waals surface area contributed by atoms with Crippen LogP contribution in [0.1, 0.15) is 25.6 Å². The average Bonchev–Trinajstić information content (AvgIpc) is 2.89. The van der Waals surface area contributed by atoms with Gasteiger partial charge in [0.2, 0.25) is 5.13 Å². The molecule has 0 unspecified atom stereocenters. The molecule has 1 saturated heterocycles. The SMILES string of the molecule is COCc1nsc(N[C@@H](C)[C@H]2CCCO2)n1. The van der Waals surface area contributed by atoms with Crippen molar-refractivity contribution >= 4 is 16.7 Å². The zero-order chi connectivity index (χ0) is 11.4. The van der Waals surface area contributed by atoms with Crippen LogP contribution in [0.2, 0.25) is 0 Å². The molecule has 2 heterocycles. The summed E-state index contributed by atoms with van der Waals surface area (Å²) in [5.41, 5.74) is 0. The summed E-state index contributed by atoms with van der Waals surface area (Å²) in [6.07, 6.45) is 2.58. The lowest BCUT2D eigenvalue weighted by Crippen LogP contribution is -2.29. The summed E-state index contributed by atoms with van der Waals surface area (Å²) in [6, 6.07) is 0.283. The van der Waals surface area contributed by atoms with Crippen LogP contribution in [-0.2, 0) is 16.1 Å². The lowest BCUT2D eigenvalue weighted by Gasteiger charge is -2.18. The minimum atomic E-state index is 0.283. The van der Waals surface area contributed by atoms with Crippen molar-refractivity contribution in [2.75, 3.05) is 19.0 Å². The molecule has 2 rings (SSSR count). The van der Waals surface area contributed by atoms with Crippen LogP contribution in [-0.4, -0.2) is 35.2 Å². The number of nitrogens with one attached hydrogen (secondary N) is 1. The molecule has 0 aromatic carbocycles. The van der Waals surface area contributed by atoms with Crippen molar-refractivity contribution in [3.05, 3.63) is 5.82 Å². The second-order valence-corrected chi connectivity index (χ2v) is 4.69. The minimum absolute atomic E-state index is 0.283. The minimum Gasteiger partial charge on any atom is -0.377 e. The number of hydrogen-bond donors (Lipinski definition) is 1. The van der Waals surface area contributed by atoms with E-state index >= 15 is 0 Å². The van der Waals surface area contributed by atoms with Crippen LogP contribution in [0.25, 0.3) is 0 Å². The molecule has 1 fully saturated rings. The summed E-state index contributed by atoms with van der Waals surface area (Å²) in [6.45, 7) is 3.46. The van der Waals surface area contributed by atoms with Gasteiger partial charge in [0.25, 0.3) is 0 Å². The van der Waals surface area contributed by atoms with E-state index in [-0.39, 0.29) is 6.04 Å². The summed E-state index contributed by atoms with van der Waals surface area (Å²) in [4.78, 5) is 4.33. The largest absolute Gasteiger partial charge is 0.377 e. The van der Waals surface area contributed by atoms with E-state index in [0.717, 1.165) is 30.4 Å². The maximum atomic E-state index is 5.61. The quantitative estimate of drug-likeness (QED) is 0.852. The van der Waals surface area contributed by atoms with Gasteiger partial charge in [-0.2, -0.15) is 4.37 Å². The average molecular weight is 243 g/mol. The van der Waals surface area contributed by atoms with Crippen LogP contribution in [0.5, 0.6) is 0 Å². The Morgan fingerprint density at radius 1 is 1.69 bits per heavy atom. The highest BCUT2D eigenvalue weighted by Crippen LogP contribution is 2.20. The molecule has 5 nitrogen and oxygen atoms in total. The summed E-state index contributed by atoms with van der Waals surface area (Å²) in [7, 11) is 1.64. The monoisotopic (exact) mass is 243 g/mol. The van der Waals surface area contributed by atoms with E-state index in [1.165, 1.54) is 11.5 Å². The van der Waals surface area contributed by atoms with Gasteiger partial charge < -0.3 is 14.8 Å². The highest BCUT2D eigenvalue weighted by molar-refractivity contribution is 7.09. The van der Waals surface area contributed by atoms with Gasteiger partial charge in [0, 0.05) is 25.2 Å². The van der Waals surface area contributed by atoms with E-state index in [9.17, 15) is 0 Å². The van der Waals surface area contributed by atoms with Crippen molar-refractivity contribution in [2.24, 2.45) is 0 Å². The Morgan fingerprint density at radius 3 is 3.25 bits per heavy atom. The molecule has 0 spiro atoms. The van der Waals surface area contributed by atoms with Gasteiger partial charge in [0.1, 0.15) is 6.61 Å². The summed E-state index contributed by atoms with van der Waals surface area (Å²) < 4.78 is 14.8. The molecular formula is C10H17N3O2S. The Kier molecular flexibility index (Phi) is 4.09. The molecule has 0 saturated carbocycles. The third-order valence-electron chi connectivity index (χ3n) is 2.62.